The van der Waals surface area contributed by atoms with Crippen molar-refractivity contribution in [2.24, 2.45) is 0 Å². The number of nitrogens with zero attached hydrogens (tertiary/aromatic N) is 1. The SMILES string of the molecule is COc1ccc(NC(=O)Oc2ccc(Cc3ncc(C(F)(F)F)cc3Cl)cc2)cc1. The van der Waals surface area contributed by atoms with Crippen LogP contribution in [0.5, 0.6) is 11.5 Å². The van der Waals surface area contributed by atoms with Crippen LogP contribution in [0.3, 0.4) is 0 Å². The third-order valence-corrected chi connectivity index (χ3v) is 4.41. The van der Waals surface area contributed by atoms with Crippen LogP contribution in [0.4, 0.5) is 23.7 Å². The lowest BCUT2D eigenvalue weighted by molar-refractivity contribution is -0.137. The standard InChI is InChI=1S/C21H16ClF3N2O3/c1-29-16-8-4-15(5-9-16)27-20(28)30-17-6-2-13(3-7-17)10-19-18(22)11-14(12-26-19)21(23,24)25/h2-9,11-12H,10H2,1H3,(H,27,28). The monoisotopic (exact) mass is 436 g/mol. The first-order valence-corrected chi connectivity index (χ1v) is 9.06. The highest BCUT2D eigenvalue weighted by Crippen LogP contribution is 2.31. The molecule has 30 heavy (non-hydrogen) atoms. The highest BCUT2D eigenvalue weighted by atomic mass is 35.5. The van der Waals surface area contributed by atoms with E-state index in [1.807, 2.05) is 0 Å². The van der Waals surface area contributed by atoms with Crippen molar-refractivity contribution in [3.05, 3.63) is 82.6 Å². The molecule has 0 radical (unpaired) electrons. The van der Waals surface area contributed by atoms with Crippen LogP contribution in [0, 0.1) is 0 Å². The summed E-state index contributed by atoms with van der Waals surface area (Å²) >= 11 is 5.93. The van der Waals surface area contributed by atoms with Gasteiger partial charge < -0.3 is 9.47 Å². The van der Waals surface area contributed by atoms with E-state index >= 15 is 0 Å². The molecule has 0 saturated carbocycles. The largest absolute Gasteiger partial charge is 0.497 e. The molecule has 0 saturated heterocycles. The van der Waals surface area contributed by atoms with Gasteiger partial charge in [-0.1, -0.05) is 23.7 Å². The number of nitrogens with one attached hydrogen (secondary N) is 1. The van der Waals surface area contributed by atoms with Crippen molar-refractivity contribution in [1.82, 2.24) is 4.98 Å². The molecule has 3 aromatic rings. The summed E-state index contributed by atoms with van der Waals surface area (Å²) in [5.74, 6) is 0.961. The Bertz CT molecular complexity index is 1020. The predicted molar refractivity (Wildman–Crippen MR) is 106 cm³/mol. The molecule has 3 rings (SSSR count). The lowest BCUT2D eigenvalue weighted by Gasteiger charge is -2.10. The van der Waals surface area contributed by atoms with Crippen LogP contribution >= 0.6 is 11.6 Å². The number of alkyl halides is 3. The van der Waals surface area contributed by atoms with Crippen LogP contribution in [0.25, 0.3) is 0 Å². The Morgan fingerprint density at radius 1 is 1.07 bits per heavy atom. The van der Waals surface area contributed by atoms with Crippen LogP contribution in [0.1, 0.15) is 16.8 Å². The molecule has 0 atom stereocenters. The van der Waals surface area contributed by atoms with Gasteiger partial charge in [-0.05, 0) is 48.0 Å². The lowest BCUT2D eigenvalue weighted by Crippen LogP contribution is -2.16. The van der Waals surface area contributed by atoms with Gasteiger partial charge in [0.05, 0.1) is 23.4 Å². The molecule has 1 aromatic heterocycles. The van der Waals surface area contributed by atoms with Crippen LogP contribution in [0.2, 0.25) is 5.02 Å². The summed E-state index contributed by atoms with van der Waals surface area (Å²) in [4.78, 5) is 15.8. The van der Waals surface area contributed by atoms with Gasteiger partial charge in [-0.15, -0.1) is 0 Å². The second-order valence-electron chi connectivity index (χ2n) is 6.21. The minimum Gasteiger partial charge on any atom is -0.497 e. The van der Waals surface area contributed by atoms with E-state index in [1.54, 1.807) is 55.6 Å². The van der Waals surface area contributed by atoms with E-state index in [0.29, 0.717) is 22.9 Å². The summed E-state index contributed by atoms with van der Waals surface area (Å²) in [6.07, 6.45) is -4.18. The molecule has 1 amide bonds. The van der Waals surface area contributed by atoms with Crippen molar-refractivity contribution in [3.63, 3.8) is 0 Å². The van der Waals surface area contributed by atoms with Gasteiger partial charge >= 0.3 is 12.3 Å². The number of hydrogen-bond acceptors (Lipinski definition) is 4. The van der Waals surface area contributed by atoms with Gasteiger partial charge in [0, 0.05) is 18.3 Å². The second-order valence-corrected chi connectivity index (χ2v) is 6.62. The fourth-order valence-electron chi connectivity index (χ4n) is 2.54. The number of anilines is 1. The Morgan fingerprint density at radius 2 is 1.70 bits per heavy atom. The number of amides is 1. The molecule has 0 bridgehead atoms. The zero-order valence-corrected chi connectivity index (χ0v) is 16.4. The number of rotatable bonds is 5. The van der Waals surface area contributed by atoms with Gasteiger partial charge in [-0.3, -0.25) is 10.3 Å². The van der Waals surface area contributed by atoms with Gasteiger partial charge in [0.25, 0.3) is 0 Å². The minimum absolute atomic E-state index is 0.0657. The normalized spacial score (nSPS) is 11.1. The molecule has 0 spiro atoms. The molecule has 1 heterocycles. The molecule has 9 heteroatoms. The van der Waals surface area contributed by atoms with Crippen LogP contribution in [-0.4, -0.2) is 18.2 Å². The summed E-state index contributed by atoms with van der Waals surface area (Å²) in [7, 11) is 1.54. The molecule has 0 fully saturated rings. The lowest BCUT2D eigenvalue weighted by atomic mass is 10.1. The topological polar surface area (TPSA) is 60.5 Å². The molecular formula is C21H16ClF3N2O3. The zero-order valence-electron chi connectivity index (χ0n) is 15.7. The molecule has 5 nitrogen and oxygen atoms in total. The maximum Gasteiger partial charge on any atom is 0.417 e. The number of aromatic nitrogens is 1. The average Bonchev–Trinajstić information content (AvgIpc) is 2.70. The first-order chi connectivity index (χ1) is 14.2. The number of pyridine rings is 1. The summed E-state index contributed by atoms with van der Waals surface area (Å²) in [6.45, 7) is 0. The fraction of sp³-hybridized carbons (Fsp3) is 0.143. The van der Waals surface area contributed by atoms with Crippen molar-refractivity contribution in [2.45, 2.75) is 12.6 Å². The third kappa shape index (κ3) is 5.64. The molecule has 0 aliphatic heterocycles. The molecule has 0 aliphatic rings. The van der Waals surface area contributed by atoms with Gasteiger partial charge in [0.2, 0.25) is 0 Å². The number of carbonyl (C=O) groups excluding carboxylic acids is 1. The summed E-state index contributed by atoms with van der Waals surface area (Å²) in [5.41, 5.74) is 0.700. The van der Waals surface area contributed by atoms with Gasteiger partial charge in [-0.25, -0.2) is 4.79 Å². The smallest absolute Gasteiger partial charge is 0.417 e. The van der Waals surface area contributed by atoms with Gasteiger partial charge in [-0.2, -0.15) is 13.2 Å². The van der Waals surface area contributed by atoms with E-state index in [0.717, 1.165) is 17.8 Å². The average molecular weight is 437 g/mol. The van der Waals surface area contributed by atoms with E-state index in [9.17, 15) is 18.0 Å². The molecule has 156 valence electrons. The number of ether oxygens (including phenoxy) is 2. The first-order valence-electron chi connectivity index (χ1n) is 8.68. The van der Waals surface area contributed by atoms with Crippen molar-refractivity contribution < 1.29 is 27.4 Å². The Morgan fingerprint density at radius 3 is 2.27 bits per heavy atom. The molecule has 1 N–H and O–H groups in total. The van der Waals surface area contributed by atoms with Gasteiger partial charge in [0.1, 0.15) is 11.5 Å². The van der Waals surface area contributed by atoms with E-state index in [-0.39, 0.29) is 11.4 Å². The fourth-order valence-corrected chi connectivity index (χ4v) is 2.78. The molecule has 0 aliphatic carbocycles. The quantitative estimate of drug-likeness (QED) is 0.535. The summed E-state index contributed by atoms with van der Waals surface area (Å²) in [6, 6.07) is 14.1. The van der Waals surface area contributed by atoms with E-state index < -0.39 is 17.8 Å². The summed E-state index contributed by atoms with van der Waals surface area (Å²) < 4.78 is 48.3. The second kappa shape index (κ2) is 9.04. The third-order valence-electron chi connectivity index (χ3n) is 4.09. The predicted octanol–water partition coefficient (Wildman–Crippen LogP) is 5.96. The molecule has 0 unspecified atom stereocenters. The number of carbonyl (C=O) groups is 1. The Hall–Kier alpha value is -3.26. The van der Waals surface area contributed by atoms with Crippen molar-refractivity contribution in [3.8, 4) is 11.5 Å². The summed E-state index contributed by atoms with van der Waals surface area (Å²) in [5, 5.41) is 2.52. The van der Waals surface area contributed by atoms with E-state index in [1.165, 1.54) is 0 Å². The number of methoxy groups -OCH3 is 1. The Labute approximate surface area is 175 Å². The van der Waals surface area contributed by atoms with E-state index in [2.05, 4.69) is 10.3 Å². The highest BCUT2D eigenvalue weighted by molar-refractivity contribution is 6.31. The number of hydrogen-bond donors (Lipinski definition) is 1. The molecule has 2 aromatic carbocycles. The van der Waals surface area contributed by atoms with Gasteiger partial charge in [0.15, 0.2) is 0 Å². The maximum absolute atomic E-state index is 12.7. The van der Waals surface area contributed by atoms with Crippen LogP contribution in [0.15, 0.2) is 60.8 Å². The highest BCUT2D eigenvalue weighted by Gasteiger charge is 2.31. The van der Waals surface area contributed by atoms with Crippen LogP contribution in [-0.2, 0) is 12.6 Å². The molecular weight excluding hydrogens is 421 g/mol. The zero-order chi connectivity index (χ0) is 21.7. The maximum atomic E-state index is 12.7. The van der Waals surface area contributed by atoms with Crippen LogP contribution < -0.4 is 14.8 Å². The number of benzene rings is 2. The van der Waals surface area contributed by atoms with Crippen molar-refractivity contribution in [2.75, 3.05) is 12.4 Å². The van der Waals surface area contributed by atoms with Crippen molar-refractivity contribution >= 4 is 23.4 Å². The minimum atomic E-state index is -4.50. The number of halogens is 4. The Kier molecular flexibility index (Phi) is 6.47. The van der Waals surface area contributed by atoms with Crippen molar-refractivity contribution in [1.29, 1.82) is 0 Å². The van der Waals surface area contributed by atoms with E-state index in [4.69, 9.17) is 21.1 Å². The Balaban J connectivity index is 1.60. The first kappa shape index (κ1) is 21.4.